The van der Waals surface area contributed by atoms with Crippen LogP contribution in [0, 0.1) is 0 Å². The third-order valence-electron chi connectivity index (χ3n) is 3.14. The molecule has 0 spiro atoms. The van der Waals surface area contributed by atoms with Crippen molar-refractivity contribution >= 4 is 5.97 Å². The van der Waals surface area contributed by atoms with Crippen molar-refractivity contribution in [2.75, 3.05) is 19.8 Å². The number of hydrogen-bond donors (Lipinski definition) is 1. The van der Waals surface area contributed by atoms with Crippen LogP contribution in [0.25, 0.3) is 0 Å². The molecule has 1 N–H and O–H groups in total. The number of hydrogen-bond acceptors (Lipinski definition) is 5. The molecule has 0 saturated carbocycles. The summed E-state index contributed by atoms with van der Waals surface area (Å²) in [7, 11) is 0. The number of unbranched alkanes of at least 4 members (excludes halogenated alkanes) is 1. The largest absolute Gasteiger partial charge is 0.477 e. The van der Waals surface area contributed by atoms with Crippen LogP contribution in [0.5, 0.6) is 5.88 Å². The smallest absolute Gasteiger partial charge is 0.341 e. The fourth-order valence-electron chi connectivity index (χ4n) is 2.02. The molecule has 0 aliphatic carbocycles. The van der Waals surface area contributed by atoms with Gasteiger partial charge in [0.1, 0.15) is 12.2 Å². The molecule has 0 amide bonds. The number of aromatic carboxylic acids is 1. The highest BCUT2D eigenvalue weighted by molar-refractivity contribution is 5.92. The van der Waals surface area contributed by atoms with Gasteiger partial charge in [-0.25, -0.2) is 4.79 Å². The number of carboxylic acid groups (broad SMARTS) is 1. The maximum atomic E-state index is 11.5. The van der Waals surface area contributed by atoms with Crippen LogP contribution in [0.1, 0.15) is 55.2 Å². The molecule has 0 aromatic carbocycles. The molecule has 0 aliphatic heterocycles. The molecule has 21 heavy (non-hydrogen) atoms. The van der Waals surface area contributed by atoms with Gasteiger partial charge >= 0.3 is 5.97 Å². The highest BCUT2D eigenvalue weighted by Gasteiger charge is 2.21. The van der Waals surface area contributed by atoms with Gasteiger partial charge in [0.25, 0.3) is 0 Å². The van der Waals surface area contributed by atoms with Gasteiger partial charge in [-0.3, -0.25) is 0 Å². The van der Waals surface area contributed by atoms with Gasteiger partial charge in [-0.2, -0.15) is 5.10 Å². The first-order valence-corrected chi connectivity index (χ1v) is 7.47. The van der Waals surface area contributed by atoms with Gasteiger partial charge in [0.05, 0.1) is 12.3 Å². The van der Waals surface area contributed by atoms with E-state index in [1.165, 1.54) is 0 Å². The summed E-state index contributed by atoms with van der Waals surface area (Å²) in [6.07, 6.45) is 3.32. The first kappa shape index (κ1) is 17.4. The third kappa shape index (κ3) is 4.97. The van der Waals surface area contributed by atoms with Crippen LogP contribution in [-0.2, 0) is 17.6 Å². The Morgan fingerprint density at radius 3 is 2.43 bits per heavy atom. The minimum Gasteiger partial charge on any atom is -0.477 e. The molecule has 1 aromatic heterocycles. The van der Waals surface area contributed by atoms with E-state index in [2.05, 4.69) is 17.1 Å². The topological polar surface area (TPSA) is 81.5 Å². The lowest BCUT2D eigenvalue weighted by atomic mass is 10.0. The van der Waals surface area contributed by atoms with Crippen LogP contribution in [0.15, 0.2) is 0 Å². The maximum Gasteiger partial charge on any atom is 0.341 e. The molecule has 0 fully saturated rings. The minimum atomic E-state index is -1.03. The van der Waals surface area contributed by atoms with E-state index in [9.17, 15) is 9.90 Å². The van der Waals surface area contributed by atoms with Crippen LogP contribution in [0.3, 0.4) is 0 Å². The van der Waals surface area contributed by atoms with E-state index in [-0.39, 0.29) is 18.1 Å². The molecular formula is C15H24N2O4. The molecule has 118 valence electrons. The van der Waals surface area contributed by atoms with Crippen molar-refractivity contribution < 1.29 is 19.4 Å². The lowest BCUT2D eigenvalue weighted by molar-refractivity contribution is 0.0679. The summed E-state index contributed by atoms with van der Waals surface area (Å²) < 4.78 is 10.8. The van der Waals surface area contributed by atoms with Crippen LogP contribution < -0.4 is 4.74 Å². The zero-order valence-electron chi connectivity index (χ0n) is 13.0. The highest BCUT2D eigenvalue weighted by atomic mass is 16.5. The summed E-state index contributed by atoms with van der Waals surface area (Å²) in [5.41, 5.74) is 1.53. The van der Waals surface area contributed by atoms with Crippen molar-refractivity contribution in [3.63, 3.8) is 0 Å². The molecule has 1 rings (SSSR count). The molecule has 0 aliphatic rings. The van der Waals surface area contributed by atoms with E-state index in [1.807, 2.05) is 13.8 Å². The predicted molar refractivity (Wildman–Crippen MR) is 79.0 cm³/mol. The molecule has 0 bridgehead atoms. The zero-order valence-corrected chi connectivity index (χ0v) is 13.0. The first-order chi connectivity index (χ1) is 10.2. The van der Waals surface area contributed by atoms with Crippen molar-refractivity contribution in [2.45, 2.75) is 46.5 Å². The Morgan fingerprint density at radius 1 is 1.10 bits per heavy atom. The zero-order chi connectivity index (χ0) is 15.7. The molecule has 0 atom stereocenters. The number of carbonyl (C=O) groups is 1. The normalized spacial score (nSPS) is 10.6. The fourth-order valence-corrected chi connectivity index (χ4v) is 2.02. The number of ether oxygens (including phenoxy) is 2. The Bertz CT molecular complexity index is 463. The monoisotopic (exact) mass is 296 g/mol. The summed E-state index contributed by atoms with van der Waals surface area (Å²) in [5.74, 6) is -0.950. The van der Waals surface area contributed by atoms with Gasteiger partial charge < -0.3 is 14.6 Å². The van der Waals surface area contributed by atoms with Crippen molar-refractivity contribution in [1.82, 2.24) is 10.2 Å². The fraction of sp³-hybridized carbons (Fsp3) is 0.667. The quantitative estimate of drug-likeness (QED) is 0.668. The molecule has 6 nitrogen and oxygen atoms in total. The summed E-state index contributed by atoms with van der Waals surface area (Å²) in [5, 5.41) is 17.4. The van der Waals surface area contributed by atoms with Gasteiger partial charge in [-0.05, 0) is 24.8 Å². The number of rotatable bonds is 10. The molecular weight excluding hydrogens is 272 g/mol. The maximum absolute atomic E-state index is 11.5. The summed E-state index contributed by atoms with van der Waals surface area (Å²) in [6, 6.07) is 0. The van der Waals surface area contributed by atoms with Crippen molar-refractivity contribution in [2.24, 2.45) is 0 Å². The van der Waals surface area contributed by atoms with Gasteiger partial charge in [0.15, 0.2) is 0 Å². The van der Waals surface area contributed by atoms with E-state index in [0.29, 0.717) is 37.3 Å². The molecule has 6 heteroatoms. The van der Waals surface area contributed by atoms with Crippen LogP contribution in [-0.4, -0.2) is 41.1 Å². The van der Waals surface area contributed by atoms with Gasteiger partial charge in [-0.15, -0.1) is 5.10 Å². The van der Waals surface area contributed by atoms with Crippen LogP contribution in [0.4, 0.5) is 0 Å². The van der Waals surface area contributed by atoms with E-state index in [0.717, 1.165) is 12.8 Å². The van der Waals surface area contributed by atoms with E-state index >= 15 is 0 Å². The number of aryl methyl sites for hydroxylation is 1. The molecule has 1 heterocycles. The molecule has 0 saturated heterocycles. The lowest BCUT2D eigenvalue weighted by Gasteiger charge is -2.13. The standard InChI is InChI=1S/C15H24N2O4/c1-4-7-8-20-9-10-21-14-13(15(18)19)11(5-2)12(6-3)16-17-14/h4-10H2,1-3H3,(H,18,19). The van der Waals surface area contributed by atoms with Crippen molar-refractivity contribution in [1.29, 1.82) is 0 Å². The van der Waals surface area contributed by atoms with Gasteiger partial charge in [0.2, 0.25) is 5.88 Å². The number of nitrogens with zero attached hydrogens (tertiary/aromatic N) is 2. The second-order valence-electron chi connectivity index (χ2n) is 4.63. The number of aromatic nitrogens is 2. The first-order valence-electron chi connectivity index (χ1n) is 7.47. The average Bonchev–Trinajstić information content (AvgIpc) is 2.49. The second kappa shape index (κ2) is 9.28. The summed E-state index contributed by atoms with van der Waals surface area (Å²) in [4.78, 5) is 11.5. The van der Waals surface area contributed by atoms with E-state index in [1.54, 1.807) is 0 Å². The van der Waals surface area contributed by atoms with Gasteiger partial charge in [-0.1, -0.05) is 27.2 Å². The van der Waals surface area contributed by atoms with E-state index < -0.39 is 5.97 Å². The van der Waals surface area contributed by atoms with Crippen molar-refractivity contribution in [3.05, 3.63) is 16.8 Å². The third-order valence-corrected chi connectivity index (χ3v) is 3.14. The van der Waals surface area contributed by atoms with Crippen LogP contribution >= 0.6 is 0 Å². The Hall–Kier alpha value is -1.69. The molecule has 0 radical (unpaired) electrons. The van der Waals surface area contributed by atoms with Crippen LogP contribution in [0.2, 0.25) is 0 Å². The number of carboxylic acids is 1. The second-order valence-corrected chi connectivity index (χ2v) is 4.63. The summed E-state index contributed by atoms with van der Waals surface area (Å²) in [6.45, 7) is 7.30. The highest BCUT2D eigenvalue weighted by Crippen LogP contribution is 2.22. The lowest BCUT2D eigenvalue weighted by Crippen LogP contribution is -2.15. The van der Waals surface area contributed by atoms with Crippen molar-refractivity contribution in [3.8, 4) is 5.88 Å². The predicted octanol–water partition coefficient (Wildman–Crippen LogP) is 2.50. The Balaban J connectivity index is 2.75. The average molecular weight is 296 g/mol. The SMILES string of the molecule is CCCCOCCOc1nnc(CC)c(CC)c1C(=O)O. The van der Waals surface area contributed by atoms with Gasteiger partial charge in [0, 0.05) is 6.61 Å². The Labute approximate surface area is 125 Å². The Kier molecular flexibility index (Phi) is 7.68. The summed E-state index contributed by atoms with van der Waals surface area (Å²) >= 11 is 0. The Morgan fingerprint density at radius 2 is 1.86 bits per heavy atom. The van der Waals surface area contributed by atoms with E-state index in [4.69, 9.17) is 9.47 Å². The minimum absolute atomic E-state index is 0.0793. The molecule has 0 unspecified atom stereocenters. The molecule has 1 aromatic rings.